The Bertz CT molecular complexity index is 678. The number of halogens is 1. The molecule has 0 N–H and O–H groups in total. The maximum atomic E-state index is 5.75. The van der Waals surface area contributed by atoms with E-state index in [1.807, 2.05) is 59.3 Å². The number of pyridine rings is 1. The Hall–Kier alpha value is -1.81. The molecule has 0 spiro atoms. The highest BCUT2D eigenvalue weighted by molar-refractivity contribution is 9.10. The molecule has 3 nitrogen and oxygen atoms in total. The molecule has 0 saturated heterocycles. The van der Waals surface area contributed by atoms with Crippen LogP contribution in [0, 0.1) is 0 Å². The fourth-order valence-electron chi connectivity index (χ4n) is 1.81. The number of ether oxygens (including phenoxy) is 1. The average Bonchev–Trinajstić information content (AvgIpc) is 2.80. The molecule has 0 unspecified atom stereocenters. The molecule has 3 rings (SSSR count). The predicted octanol–water partition coefficient (Wildman–Crippen LogP) is 3.68. The Labute approximate surface area is 113 Å². The first-order valence-corrected chi connectivity index (χ1v) is 6.41. The largest absolute Gasteiger partial charge is 0.487 e. The van der Waals surface area contributed by atoms with Crippen LogP contribution in [0.15, 0.2) is 59.3 Å². The van der Waals surface area contributed by atoms with Gasteiger partial charge in [0, 0.05) is 10.7 Å². The summed E-state index contributed by atoms with van der Waals surface area (Å²) in [7, 11) is 0. The van der Waals surface area contributed by atoms with Crippen molar-refractivity contribution >= 4 is 21.6 Å². The Kier molecular flexibility index (Phi) is 3.02. The summed E-state index contributed by atoms with van der Waals surface area (Å²) in [6, 6.07) is 13.7. The van der Waals surface area contributed by atoms with Crippen LogP contribution < -0.4 is 4.74 Å². The van der Waals surface area contributed by atoms with Gasteiger partial charge in [-0.2, -0.15) is 0 Å². The van der Waals surface area contributed by atoms with E-state index in [-0.39, 0.29) is 0 Å². The second-order valence-electron chi connectivity index (χ2n) is 3.92. The molecule has 0 radical (unpaired) electrons. The Balaban J connectivity index is 1.81. The first kappa shape index (κ1) is 11.3. The minimum Gasteiger partial charge on any atom is -0.487 e. The van der Waals surface area contributed by atoms with Crippen molar-refractivity contribution in [2.75, 3.05) is 0 Å². The molecule has 0 saturated carbocycles. The van der Waals surface area contributed by atoms with Crippen molar-refractivity contribution in [1.29, 1.82) is 0 Å². The maximum absolute atomic E-state index is 5.75. The molecule has 0 atom stereocenters. The number of nitrogens with zero attached hydrogens (tertiary/aromatic N) is 2. The predicted molar refractivity (Wildman–Crippen MR) is 73.7 cm³/mol. The van der Waals surface area contributed by atoms with Crippen LogP contribution in [0.25, 0.3) is 5.65 Å². The molecule has 2 heterocycles. The number of aromatic nitrogens is 2. The van der Waals surface area contributed by atoms with E-state index in [1.54, 1.807) is 0 Å². The second kappa shape index (κ2) is 4.82. The number of benzene rings is 1. The monoisotopic (exact) mass is 302 g/mol. The molecule has 4 heteroatoms. The standard InChI is InChI=1S/C14H11BrN2O/c15-11-4-3-5-13(8-11)18-10-12-9-16-14-6-1-2-7-17(12)14/h1-9H,10H2. The van der Waals surface area contributed by atoms with E-state index in [4.69, 9.17) is 4.74 Å². The molecule has 1 aromatic carbocycles. The third kappa shape index (κ3) is 2.24. The van der Waals surface area contributed by atoms with Crippen LogP contribution in [-0.4, -0.2) is 9.38 Å². The normalized spacial score (nSPS) is 10.7. The molecule has 0 bridgehead atoms. The quantitative estimate of drug-likeness (QED) is 0.738. The average molecular weight is 303 g/mol. The maximum Gasteiger partial charge on any atom is 0.136 e. The van der Waals surface area contributed by atoms with Gasteiger partial charge in [-0.1, -0.05) is 28.1 Å². The fraction of sp³-hybridized carbons (Fsp3) is 0.0714. The number of imidazole rings is 1. The molecule has 0 aliphatic heterocycles. The number of hydrogen-bond acceptors (Lipinski definition) is 2. The second-order valence-corrected chi connectivity index (χ2v) is 4.84. The molecule has 0 amide bonds. The first-order chi connectivity index (χ1) is 8.83. The lowest BCUT2D eigenvalue weighted by atomic mass is 10.3. The zero-order chi connectivity index (χ0) is 12.4. The smallest absolute Gasteiger partial charge is 0.136 e. The van der Waals surface area contributed by atoms with Gasteiger partial charge in [-0.05, 0) is 30.3 Å². The van der Waals surface area contributed by atoms with Crippen molar-refractivity contribution in [3.8, 4) is 5.75 Å². The number of rotatable bonds is 3. The van der Waals surface area contributed by atoms with Gasteiger partial charge >= 0.3 is 0 Å². The van der Waals surface area contributed by atoms with Gasteiger partial charge in [0.15, 0.2) is 0 Å². The van der Waals surface area contributed by atoms with Gasteiger partial charge in [-0.3, -0.25) is 0 Å². The summed E-state index contributed by atoms with van der Waals surface area (Å²) in [5, 5.41) is 0. The Morgan fingerprint density at radius 2 is 2.11 bits per heavy atom. The molecule has 3 aromatic rings. The van der Waals surface area contributed by atoms with E-state index in [9.17, 15) is 0 Å². The minimum atomic E-state index is 0.502. The summed E-state index contributed by atoms with van der Waals surface area (Å²) in [6.45, 7) is 0.502. The van der Waals surface area contributed by atoms with E-state index in [0.717, 1.165) is 21.6 Å². The molecule has 0 aliphatic rings. The number of fused-ring (bicyclic) bond motifs is 1. The summed E-state index contributed by atoms with van der Waals surface area (Å²) in [5.41, 5.74) is 1.97. The van der Waals surface area contributed by atoms with Gasteiger partial charge in [-0.15, -0.1) is 0 Å². The molecule has 2 aromatic heterocycles. The van der Waals surface area contributed by atoms with Crippen LogP contribution in [0.4, 0.5) is 0 Å². The lowest BCUT2D eigenvalue weighted by molar-refractivity contribution is 0.300. The van der Waals surface area contributed by atoms with Crippen molar-refractivity contribution in [2.24, 2.45) is 0 Å². The van der Waals surface area contributed by atoms with E-state index in [2.05, 4.69) is 20.9 Å². The van der Waals surface area contributed by atoms with Crippen molar-refractivity contribution in [1.82, 2.24) is 9.38 Å². The molecular weight excluding hydrogens is 292 g/mol. The van der Waals surface area contributed by atoms with E-state index < -0.39 is 0 Å². The van der Waals surface area contributed by atoms with Gasteiger partial charge in [0.05, 0.1) is 11.9 Å². The van der Waals surface area contributed by atoms with Gasteiger partial charge in [-0.25, -0.2) is 4.98 Å². The van der Waals surface area contributed by atoms with Crippen LogP contribution in [0.5, 0.6) is 5.75 Å². The third-order valence-electron chi connectivity index (χ3n) is 2.68. The zero-order valence-corrected chi connectivity index (χ0v) is 11.2. The van der Waals surface area contributed by atoms with E-state index in [1.165, 1.54) is 0 Å². The van der Waals surface area contributed by atoms with E-state index in [0.29, 0.717) is 6.61 Å². The summed E-state index contributed by atoms with van der Waals surface area (Å²) < 4.78 is 8.79. The minimum absolute atomic E-state index is 0.502. The van der Waals surface area contributed by atoms with E-state index >= 15 is 0 Å². The Morgan fingerprint density at radius 3 is 3.00 bits per heavy atom. The van der Waals surface area contributed by atoms with Gasteiger partial charge < -0.3 is 9.14 Å². The van der Waals surface area contributed by atoms with Crippen LogP contribution in [0.1, 0.15) is 5.69 Å². The van der Waals surface area contributed by atoms with Crippen molar-refractivity contribution in [3.05, 3.63) is 65.0 Å². The number of hydrogen-bond donors (Lipinski definition) is 0. The van der Waals surface area contributed by atoms with Crippen LogP contribution in [0.3, 0.4) is 0 Å². The lowest BCUT2D eigenvalue weighted by Gasteiger charge is -2.06. The van der Waals surface area contributed by atoms with Crippen molar-refractivity contribution < 1.29 is 4.74 Å². The van der Waals surface area contributed by atoms with Gasteiger partial charge in [0.1, 0.15) is 18.0 Å². The first-order valence-electron chi connectivity index (χ1n) is 5.62. The lowest BCUT2D eigenvalue weighted by Crippen LogP contribution is -1.99. The van der Waals surface area contributed by atoms with Crippen LogP contribution in [-0.2, 0) is 6.61 Å². The summed E-state index contributed by atoms with van der Waals surface area (Å²) in [5.74, 6) is 0.843. The molecule has 0 fully saturated rings. The molecule has 90 valence electrons. The van der Waals surface area contributed by atoms with Gasteiger partial charge in [0.25, 0.3) is 0 Å². The summed E-state index contributed by atoms with van der Waals surface area (Å²) in [4.78, 5) is 4.32. The van der Waals surface area contributed by atoms with Crippen LogP contribution in [0.2, 0.25) is 0 Å². The molecular formula is C14H11BrN2O. The van der Waals surface area contributed by atoms with Crippen LogP contribution >= 0.6 is 15.9 Å². The zero-order valence-electron chi connectivity index (χ0n) is 9.58. The highest BCUT2D eigenvalue weighted by atomic mass is 79.9. The topological polar surface area (TPSA) is 26.5 Å². The van der Waals surface area contributed by atoms with Crippen molar-refractivity contribution in [3.63, 3.8) is 0 Å². The molecule has 0 aliphatic carbocycles. The fourth-order valence-corrected chi connectivity index (χ4v) is 2.18. The highest BCUT2D eigenvalue weighted by Gasteiger charge is 2.03. The Morgan fingerprint density at radius 1 is 1.17 bits per heavy atom. The summed E-state index contributed by atoms with van der Waals surface area (Å²) in [6.07, 6.45) is 3.83. The SMILES string of the molecule is Brc1cccc(OCc2cnc3ccccn23)c1. The van der Waals surface area contributed by atoms with Gasteiger partial charge in [0.2, 0.25) is 0 Å². The summed E-state index contributed by atoms with van der Waals surface area (Å²) >= 11 is 3.42. The molecule has 18 heavy (non-hydrogen) atoms. The van der Waals surface area contributed by atoms with Crippen molar-refractivity contribution in [2.45, 2.75) is 6.61 Å². The highest BCUT2D eigenvalue weighted by Crippen LogP contribution is 2.19. The third-order valence-corrected chi connectivity index (χ3v) is 3.17.